The molecule has 0 aromatic heterocycles. The molecule has 0 bridgehead atoms. The normalized spacial score (nSPS) is 26.0. The van der Waals surface area contributed by atoms with E-state index in [1.807, 2.05) is 12.2 Å². The van der Waals surface area contributed by atoms with Crippen molar-refractivity contribution in [2.75, 3.05) is 0 Å². The molecule has 0 aliphatic heterocycles. The lowest BCUT2D eigenvalue weighted by molar-refractivity contribution is -0.117. The van der Waals surface area contributed by atoms with Gasteiger partial charge in [0.25, 0.3) is 0 Å². The van der Waals surface area contributed by atoms with Crippen LogP contribution in [0.4, 0.5) is 0 Å². The molecule has 1 aliphatic carbocycles. The van der Waals surface area contributed by atoms with E-state index in [0.717, 1.165) is 12.8 Å². The van der Waals surface area contributed by atoms with Crippen LogP contribution in [0.15, 0.2) is 24.3 Å². The lowest BCUT2D eigenvalue weighted by atomic mass is 10.1. The summed E-state index contributed by atoms with van der Waals surface area (Å²) in [7, 11) is 0. The van der Waals surface area contributed by atoms with Crippen LogP contribution in [0.25, 0.3) is 0 Å². The molecule has 0 saturated heterocycles. The van der Waals surface area contributed by atoms with Gasteiger partial charge in [-0.05, 0) is 19.3 Å². The van der Waals surface area contributed by atoms with Gasteiger partial charge in [0, 0.05) is 12.8 Å². The highest BCUT2D eigenvalue weighted by atomic mass is 16.1. The van der Waals surface area contributed by atoms with Crippen LogP contribution >= 0.6 is 0 Å². The fourth-order valence-corrected chi connectivity index (χ4v) is 1.10. The average Bonchev–Trinajstić information content (AvgIpc) is 2.03. The molecule has 11 heavy (non-hydrogen) atoms. The van der Waals surface area contributed by atoms with E-state index in [-0.39, 0.29) is 0 Å². The molecule has 0 aromatic rings. The molecule has 60 valence electrons. The van der Waals surface area contributed by atoms with Crippen molar-refractivity contribution in [1.29, 1.82) is 0 Å². The van der Waals surface area contributed by atoms with Crippen LogP contribution in [-0.4, -0.2) is 5.78 Å². The van der Waals surface area contributed by atoms with Gasteiger partial charge in [-0.3, -0.25) is 4.79 Å². The Kier molecular flexibility index (Phi) is 3.67. The zero-order valence-corrected chi connectivity index (χ0v) is 6.75. The highest BCUT2D eigenvalue weighted by molar-refractivity contribution is 5.81. The molecule has 0 N–H and O–H groups in total. The number of hydrogen-bond donors (Lipinski definition) is 0. The largest absolute Gasteiger partial charge is 0.299 e. The van der Waals surface area contributed by atoms with E-state index in [0.29, 0.717) is 18.6 Å². The second-order valence-electron chi connectivity index (χ2n) is 2.82. The molecule has 0 heterocycles. The fraction of sp³-hybridized carbons (Fsp3) is 0.500. The first-order valence-electron chi connectivity index (χ1n) is 4.21. The maximum Gasteiger partial charge on any atom is 0.140 e. The molecule has 1 nitrogen and oxygen atoms in total. The molecular weight excluding hydrogens is 136 g/mol. The molecule has 1 rings (SSSR count). The molecule has 0 saturated carbocycles. The molecule has 1 heteroatoms. The summed E-state index contributed by atoms with van der Waals surface area (Å²) in [4.78, 5) is 11.0. The van der Waals surface area contributed by atoms with Crippen molar-refractivity contribution in [1.82, 2.24) is 0 Å². The predicted octanol–water partition coefficient (Wildman–Crippen LogP) is 2.63. The second kappa shape index (κ2) is 4.89. The molecule has 0 aromatic carbocycles. The predicted molar refractivity (Wildman–Crippen MR) is 46.4 cm³/mol. The van der Waals surface area contributed by atoms with Gasteiger partial charge in [0.05, 0.1) is 0 Å². The van der Waals surface area contributed by atoms with Gasteiger partial charge in [-0.15, -0.1) is 0 Å². The van der Waals surface area contributed by atoms with Crippen molar-refractivity contribution in [3.63, 3.8) is 0 Å². The van der Waals surface area contributed by atoms with E-state index in [1.54, 1.807) is 0 Å². The maximum absolute atomic E-state index is 11.0. The standard InChI is InChI=1S/C10H14O/c11-10-8-6-4-2-1-3-5-7-9-10/h4-7H,1-3,8-9H2/b6-4-,7-5-. The summed E-state index contributed by atoms with van der Waals surface area (Å²) in [6, 6.07) is 0. The monoisotopic (exact) mass is 150 g/mol. The van der Waals surface area contributed by atoms with Crippen molar-refractivity contribution in [3.05, 3.63) is 24.3 Å². The second-order valence-corrected chi connectivity index (χ2v) is 2.82. The topological polar surface area (TPSA) is 17.1 Å². The quantitative estimate of drug-likeness (QED) is 0.485. The first kappa shape index (κ1) is 8.25. The lowest BCUT2D eigenvalue weighted by Crippen LogP contribution is -1.92. The highest BCUT2D eigenvalue weighted by Gasteiger charge is 1.95. The Morgan fingerprint density at radius 1 is 0.909 bits per heavy atom. The molecule has 0 spiro atoms. The Morgan fingerprint density at radius 3 is 2.00 bits per heavy atom. The SMILES string of the molecule is O=C1C/C=C\CCC/C=C\C1. The summed E-state index contributed by atoms with van der Waals surface area (Å²) >= 11 is 0. The number of hydrogen-bond acceptors (Lipinski definition) is 1. The summed E-state index contributed by atoms with van der Waals surface area (Å²) in [6.45, 7) is 0. The van der Waals surface area contributed by atoms with Crippen LogP contribution in [0.1, 0.15) is 32.1 Å². The first-order valence-corrected chi connectivity index (χ1v) is 4.21. The van der Waals surface area contributed by atoms with Gasteiger partial charge in [0.15, 0.2) is 0 Å². The smallest absolute Gasteiger partial charge is 0.140 e. The zero-order valence-electron chi connectivity index (χ0n) is 6.75. The number of allylic oxidation sites excluding steroid dienone is 4. The van der Waals surface area contributed by atoms with E-state index in [4.69, 9.17) is 0 Å². The Labute approximate surface area is 67.8 Å². The minimum absolute atomic E-state index is 0.319. The van der Waals surface area contributed by atoms with Gasteiger partial charge in [-0.1, -0.05) is 24.3 Å². The number of Topliss-reactive ketones (excluding diaryl/α,β-unsaturated/α-hetero) is 1. The van der Waals surface area contributed by atoms with Gasteiger partial charge in [0.1, 0.15) is 5.78 Å². The van der Waals surface area contributed by atoms with Crippen LogP contribution in [0.3, 0.4) is 0 Å². The van der Waals surface area contributed by atoms with Crippen LogP contribution < -0.4 is 0 Å². The van der Waals surface area contributed by atoms with E-state index < -0.39 is 0 Å². The van der Waals surface area contributed by atoms with Gasteiger partial charge >= 0.3 is 0 Å². The van der Waals surface area contributed by atoms with Gasteiger partial charge in [-0.2, -0.15) is 0 Å². The number of rotatable bonds is 0. The van der Waals surface area contributed by atoms with E-state index >= 15 is 0 Å². The molecule has 0 atom stereocenters. The number of carbonyl (C=O) groups is 1. The summed E-state index contributed by atoms with van der Waals surface area (Å²) in [5, 5.41) is 0. The van der Waals surface area contributed by atoms with Crippen molar-refractivity contribution >= 4 is 5.78 Å². The van der Waals surface area contributed by atoms with Crippen LogP contribution in [0, 0.1) is 0 Å². The number of carbonyl (C=O) groups excluding carboxylic acids is 1. The summed E-state index contributed by atoms with van der Waals surface area (Å²) in [5.41, 5.74) is 0. The van der Waals surface area contributed by atoms with Crippen molar-refractivity contribution in [3.8, 4) is 0 Å². The first-order chi connectivity index (χ1) is 5.39. The van der Waals surface area contributed by atoms with Crippen molar-refractivity contribution in [2.24, 2.45) is 0 Å². The van der Waals surface area contributed by atoms with E-state index in [9.17, 15) is 4.79 Å². The zero-order chi connectivity index (χ0) is 7.94. The third-order valence-corrected chi connectivity index (χ3v) is 1.77. The van der Waals surface area contributed by atoms with Crippen LogP contribution in [0.2, 0.25) is 0 Å². The Bertz CT molecular complexity index is 159. The van der Waals surface area contributed by atoms with Crippen LogP contribution in [0.5, 0.6) is 0 Å². The van der Waals surface area contributed by atoms with Gasteiger partial charge in [0.2, 0.25) is 0 Å². The maximum atomic E-state index is 11.0. The Morgan fingerprint density at radius 2 is 1.45 bits per heavy atom. The van der Waals surface area contributed by atoms with E-state index in [2.05, 4.69) is 12.2 Å². The average molecular weight is 150 g/mol. The van der Waals surface area contributed by atoms with Gasteiger partial charge < -0.3 is 0 Å². The molecule has 1 aliphatic rings. The van der Waals surface area contributed by atoms with Crippen LogP contribution in [-0.2, 0) is 4.79 Å². The summed E-state index contributed by atoms with van der Waals surface area (Å²) in [6.07, 6.45) is 12.8. The Balaban J connectivity index is 2.40. The summed E-state index contributed by atoms with van der Waals surface area (Å²) in [5.74, 6) is 0.319. The molecule has 0 fully saturated rings. The minimum atomic E-state index is 0.319. The van der Waals surface area contributed by atoms with Gasteiger partial charge in [-0.25, -0.2) is 0 Å². The lowest BCUT2D eigenvalue weighted by Gasteiger charge is -1.95. The van der Waals surface area contributed by atoms with E-state index in [1.165, 1.54) is 6.42 Å². The summed E-state index contributed by atoms with van der Waals surface area (Å²) < 4.78 is 0. The van der Waals surface area contributed by atoms with Crippen molar-refractivity contribution in [2.45, 2.75) is 32.1 Å². The molecule has 0 amide bonds. The molecule has 0 radical (unpaired) electrons. The third-order valence-electron chi connectivity index (χ3n) is 1.77. The molecular formula is C10H14O. The van der Waals surface area contributed by atoms with Crippen molar-refractivity contribution < 1.29 is 4.79 Å². The third kappa shape index (κ3) is 3.76. The fourth-order valence-electron chi connectivity index (χ4n) is 1.10. The number of ketones is 1. The molecule has 0 unspecified atom stereocenters. The Hall–Kier alpha value is -0.850. The highest BCUT2D eigenvalue weighted by Crippen LogP contribution is 2.03. The minimum Gasteiger partial charge on any atom is -0.299 e.